The van der Waals surface area contributed by atoms with Crippen molar-refractivity contribution in [1.29, 1.82) is 0 Å². The quantitative estimate of drug-likeness (QED) is 0.835. The standard InChI is InChI=1S/C11H15ClO2/c1-11(2,6-7-13)14-10-5-3-4-9(12)8-10/h3-5,8,13H,6-7H2,1-2H3. The zero-order valence-corrected chi connectivity index (χ0v) is 9.21. The lowest BCUT2D eigenvalue weighted by atomic mass is 10.1. The van der Waals surface area contributed by atoms with Gasteiger partial charge in [-0.1, -0.05) is 17.7 Å². The first-order chi connectivity index (χ1) is 6.53. The van der Waals surface area contributed by atoms with E-state index in [9.17, 15) is 0 Å². The Bertz CT molecular complexity index is 297. The summed E-state index contributed by atoms with van der Waals surface area (Å²) in [6.45, 7) is 3.99. The van der Waals surface area contributed by atoms with Gasteiger partial charge in [-0.2, -0.15) is 0 Å². The number of aliphatic hydroxyl groups excluding tert-OH is 1. The molecule has 78 valence electrons. The van der Waals surface area contributed by atoms with Gasteiger partial charge in [0.15, 0.2) is 0 Å². The molecule has 0 unspecified atom stereocenters. The number of hydrogen-bond donors (Lipinski definition) is 1. The summed E-state index contributed by atoms with van der Waals surface area (Å²) in [7, 11) is 0. The van der Waals surface area contributed by atoms with Crippen molar-refractivity contribution in [3.8, 4) is 5.75 Å². The molecule has 0 spiro atoms. The molecule has 0 heterocycles. The Hall–Kier alpha value is -0.730. The minimum absolute atomic E-state index is 0.119. The molecule has 0 saturated carbocycles. The molecule has 2 nitrogen and oxygen atoms in total. The molecule has 0 aliphatic rings. The van der Waals surface area contributed by atoms with Gasteiger partial charge in [-0.05, 0) is 32.0 Å². The van der Waals surface area contributed by atoms with E-state index in [0.29, 0.717) is 11.4 Å². The Balaban J connectivity index is 2.68. The molecule has 1 aromatic carbocycles. The van der Waals surface area contributed by atoms with Gasteiger partial charge < -0.3 is 9.84 Å². The van der Waals surface area contributed by atoms with E-state index in [0.717, 1.165) is 5.75 Å². The van der Waals surface area contributed by atoms with Crippen LogP contribution in [0.25, 0.3) is 0 Å². The van der Waals surface area contributed by atoms with Gasteiger partial charge in [-0.25, -0.2) is 0 Å². The molecule has 1 rings (SSSR count). The minimum atomic E-state index is -0.362. The average Bonchev–Trinajstić information content (AvgIpc) is 2.02. The molecule has 0 amide bonds. The van der Waals surface area contributed by atoms with Crippen molar-refractivity contribution in [1.82, 2.24) is 0 Å². The first-order valence-corrected chi connectivity index (χ1v) is 4.97. The Morgan fingerprint density at radius 2 is 2.14 bits per heavy atom. The van der Waals surface area contributed by atoms with Crippen molar-refractivity contribution in [2.75, 3.05) is 6.61 Å². The number of hydrogen-bond acceptors (Lipinski definition) is 2. The second-order valence-corrected chi connectivity index (χ2v) is 4.23. The van der Waals surface area contributed by atoms with Crippen LogP contribution in [0.3, 0.4) is 0 Å². The molecule has 0 bridgehead atoms. The zero-order valence-electron chi connectivity index (χ0n) is 8.46. The summed E-state index contributed by atoms with van der Waals surface area (Å²) in [4.78, 5) is 0. The van der Waals surface area contributed by atoms with E-state index in [4.69, 9.17) is 21.4 Å². The number of ether oxygens (including phenoxy) is 1. The van der Waals surface area contributed by atoms with Crippen molar-refractivity contribution >= 4 is 11.6 Å². The van der Waals surface area contributed by atoms with E-state index in [1.165, 1.54) is 0 Å². The lowest BCUT2D eigenvalue weighted by molar-refractivity contribution is 0.0765. The summed E-state index contributed by atoms with van der Waals surface area (Å²) in [5, 5.41) is 9.48. The van der Waals surface area contributed by atoms with E-state index < -0.39 is 0 Å². The van der Waals surface area contributed by atoms with Crippen molar-refractivity contribution in [3.05, 3.63) is 29.3 Å². The van der Waals surface area contributed by atoms with Gasteiger partial charge in [0.25, 0.3) is 0 Å². The summed E-state index contributed by atoms with van der Waals surface area (Å²) in [5.74, 6) is 0.732. The van der Waals surface area contributed by atoms with Crippen molar-refractivity contribution in [2.45, 2.75) is 25.9 Å². The van der Waals surface area contributed by atoms with Gasteiger partial charge in [0, 0.05) is 18.1 Å². The third-order valence-electron chi connectivity index (χ3n) is 1.90. The summed E-state index contributed by atoms with van der Waals surface area (Å²) in [6, 6.07) is 7.26. The topological polar surface area (TPSA) is 29.5 Å². The monoisotopic (exact) mass is 214 g/mol. The molecule has 3 heteroatoms. The maximum atomic E-state index is 8.83. The minimum Gasteiger partial charge on any atom is -0.488 e. The van der Waals surface area contributed by atoms with Crippen LogP contribution in [-0.4, -0.2) is 17.3 Å². The van der Waals surface area contributed by atoms with E-state index in [1.807, 2.05) is 26.0 Å². The Labute approximate surface area is 89.5 Å². The highest BCUT2D eigenvalue weighted by atomic mass is 35.5. The summed E-state index contributed by atoms with van der Waals surface area (Å²) < 4.78 is 5.68. The SMILES string of the molecule is CC(C)(CCO)Oc1cccc(Cl)c1. The summed E-state index contributed by atoms with van der Waals surface area (Å²) in [6.07, 6.45) is 0.597. The lowest BCUT2D eigenvalue weighted by Gasteiger charge is -2.25. The van der Waals surface area contributed by atoms with Crippen molar-refractivity contribution in [2.24, 2.45) is 0 Å². The molecular weight excluding hydrogens is 200 g/mol. The lowest BCUT2D eigenvalue weighted by Crippen LogP contribution is -2.29. The number of rotatable bonds is 4. The highest BCUT2D eigenvalue weighted by Gasteiger charge is 2.18. The molecule has 0 aromatic heterocycles. The van der Waals surface area contributed by atoms with E-state index in [1.54, 1.807) is 12.1 Å². The predicted octanol–water partition coefficient (Wildman–Crippen LogP) is 2.88. The fraction of sp³-hybridized carbons (Fsp3) is 0.455. The Morgan fingerprint density at radius 3 is 2.71 bits per heavy atom. The van der Waals surface area contributed by atoms with Crippen LogP contribution in [0, 0.1) is 0 Å². The Kier molecular flexibility index (Phi) is 3.78. The van der Waals surface area contributed by atoms with Crippen LogP contribution < -0.4 is 4.74 Å². The molecule has 0 fully saturated rings. The zero-order chi connectivity index (χ0) is 10.6. The first-order valence-electron chi connectivity index (χ1n) is 4.59. The van der Waals surface area contributed by atoms with Crippen molar-refractivity contribution in [3.63, 3.8) is 0 Å². The molecule has 1 aromatic rings. The molecule has 0 radical (unpaired) electrons. The van der Waals surface area contributed by atoms with Gasteiger partial charge in [0.05, 0.1) is 0 Å². The highest BCUT2D eigenvalue weighted by molar-refractivity contribution is 6.30. The van der Waals surface area contributed by atoms with E-state index >= 15 is 0 Å². The maximum Gasteiger partial charge on any atom is 0.121 e. The molecule has 0 aliphatic heterocycles. The fourth-order valence-corrected chi connectivity index (χ4v) is 1.35. The highest BCUT2D eigenvalue weighted by Crippen LogP contribution is 2.23. The maximum absolute atomic E-state index is 8.83. The third-order valence-corrected chi connectivity index (χ3v) is 2.14. The van der Waals surface area contributed by atoms with Gasteiger partial charge in [-0.3, -0.25) is 0 Å². The molecule has 0 aliphatic carbocycles. The summed E-state index contributed by atoms with van der Waals surface area (Å²) in [5.41, 5.74) is -0.362. The van der Waals surface area contributed by atoms with Gasteiger partial charge in [-0.15, -0.1) is 0 Å². The molecule has 14 heavy (non-hydrogen) atoms. The van der Waals surface area contributed by atoms with E-state index in [2.05, 4.69) is 0 Å². The molecule has 0 atom stereocenters. The smallest absolute Gasteiger partial charge is 0.121 e. The van der Waals surface area contributed by atoms with Crippen LogP contribution in [0.2, 0.25) is 5.02 Å². The third kappa shape index (κ3) is 3.56. The van der Waals surface area contributed by atoms with Gasteiger partial charge in [0.2, 0.25) is 0 Å². The number of aliphatic hydroxyl groups is 1. The van der Waals surface area contributed by atoms with Crippen LogP contribution in [0.1, 0.15) is 20.3 Å². The van der Waals surface area contributed by atoms with Crippen LogP contribution in [0.4, 0.5) is 0 Å². The predicted molar refractivity (Wildman–Crippen MR) is 57.9 cm³/mol. The summed E-state index contributed by atoms with van der Waals surface area (Å²) >= 11 is 5.82. The van der Waals surface area contributed by atoms with Crippen LogP contribution in [-0.2, 0) is 0 Å². The molecular formula is C11H15ClO2. The van der Waals surface area contributed by atoms with Crippen LogP contribution >= 0.6 is 11.6 Å². The molecule has 0 saturated heterocycles. The normalized spacial score (nSPS) is 11.4. The van der Waals surface area contributed by atoms with Crippen molar-refractivity contribution < 1.29 is 9.84 Å². The van der Waals surface area contributed by atoms with Crippen LogP contribution in [0.15, 0.2) is 24.3 Å². The molecule has 1 N–H and O–H groups in total. The van der Waals surface area contributed by atoms with Gasteiger partial charge in [0.1, 0.15) is 11.4 Å². The fourth-order valence-electron chi connectivity index (χ4n) is 1.17. The Morgan fingerprint density at radius 1 is 1.43 bits per heavy atom. The second-order valence-electron chi connectivity index (χ2n) is 3.79. The van der Waals surface area contributed by atoms with Crippen LogP contribution in [0.5, 0.6) is 5.75 Å². The largest absolute Gasteiger partial charge is 0.488 e. The van der Waals surface area contributed by atoms with Gasteiger partial charge >= 0.3 is 0 Å². The average molecular weight is 215 g/mol. The second kappa shape index (κ2) is 4.67. The number of benzene rings is 1. The number of halogens is 1. The van der Waals surface area contributed by atoms with E-state index in [-0.39, 0.29) is 12.2 Å². The first kappa shape index (κ1) is 11.3.